The van der Waals surface area contributed by atoms with Gasteiger partial charge in [0, 0.05) is 11.6 Å². The lowest BCUT2D eigenvalue weighted by Gasteiger charge is -2.68. The average molecular weight is 525 g/mol. The molecule has 4 unspecified atom stereocenters. The van der Waals surface area contributed by atoms with Crippen molar-refractivity contribution >= 4 is 23.1 Å². The maximum absolute atomic E-state index is 11.5. The Morgan fingerprint density at radius 2 is 1.73 bits per heavy atom. The van der Waals surface area contributed by atoms with E-state index < -0.39 is 5.97 Å². The highest BCUT2D eigenvalue weighted by atomic mass is 35.5. The lowest BCUT2D eigenvalue weighted by molar-refractivity contribution is -0.181. The average Bonchev–Trinajstić information content (AvgIpc) is 3.29. The van der Waals surface area contributed by atoms with Crippen molar-refractivity contribution in [1.29, 1.82) is 0 Å². The zero-order chi connectivity index (χ0) is 26.4. The first-order valence-corrected chi connectivity index (χ1v) is 15.2. The molecule has 4 heteroatoms. The van der Waals surface area contributed by atoms with Crippen LogP contribution in [0.2, 0.25) is 5.02 Å². The van der Waals surface area contributed by atoms with Gasteiger partial charge >= 0.3 is 5.97 Å². The van der Waals surface area contributed by atoms with Gasteiger partial charge in [0.25, 0.3) is 0 Å². The molecule has 0 radical (unpaired) electrons. The zero-order valence-electron chi connectivity index (χ0n) is 23.2. The Bertz CT molecular complexity index is 1140. The predicted octanol–water partition coefficient (Wildman–Crippen LogP) is 8.49. The minimum atomic E-state index is -0.934. The third kappa shape index (κ3) is 3.51. The minimum absolute atomic E-state index is 0.0242. The molecule has 4 fully saturated rings. The Balaban J connectivity index is 1.33. The van der Waals surface area contributed by atoms with Crippen molar-refractivity contribution < 1.29 is 15.0 Å². The van der Waals surface area contributed by atoms with Crippen LogP contribution in [0.15, 0.2) is 24.3 Å². The number of aliphatic hydroxyl groups excluding tert-OH is 1. The third-order valence-corrected chi connectivity index (χ3v) is 13.4. The number of hydrogen-bond acceptors (Lipinski definition) is 2. The predicted molar refractivity (Wildman–Crippen MR) is 150 cm³/mol. The molecule has 0 saturated heterocycles. The summed E-state index contributed by atoms with van der Waals surface area (Å²) in [5.74, 6) is 2.72. The Kier molecular flexibility index (Phi) is 6.02. The molecule has 1 aromatic rings. The second-order valence-corrected chi connectivity index (χ2v) is 15.0. The summed E-state index contributed by atoms with van der Waals surface area (Å²) in [4.78, 5) is 11.5. The maximum Gasteiger partial charge on any atom is 0.335 e. The highest BCUT2D eigenvalue weighted by Crippen LogP contribution is 2.73. The number of carbonyl (C=O) groups is 1. The van der Waals surface area contributed by atoms with Gasteiger partial charge in [0.1, 0.15) is 0 Å². The molecule has 5 aliphatic carbocycles. The van der Waals surface area contributed by atoms with E-state index in [1.165, 1.54) is 63.4 Å². The van der Waals surface area contributed by atoms with Crippen molar-refractivity contribution in [2.45, 2.75) is 91.9 Å². The van der Waals surface area contributed by atoms with Crippen molar-refractivity contribution in [2.75, 3.05) is 6.61 Å². The first kappa shape index (κ1) is 25.9. The second kappa shape index (κ2) is 8.59. The van der Waals surface area contributed by atoms with E-state index in [1.54, 1.807) is 12.1 Å². The fraction of sp³-hybridized carbons (Fsp3) is 0.727. The molecule has 8 atom stereocenters. The van der Waals surface area contributed by atoms with Crippen LogP contribution in [-0.2, 0) is 0 Å². The molecule has 37 heavy (non-hydrogen) atoms. The van der Waals surface area contributed by atoms with E-state index in [-0.39, 0.29) is 21.8 Å². The van der Waals surface area contributed by atoms with E-state index in [2.05, 4.69) is 33.8 Å². The number of aliphatic hydroxyl groups is 1. The lowest BCUT2D eigenvalue weighted by atomic mass is 9.36. The molecular weight excluding hydrogens is 480 g/mol. The summed E-state index contributed by atoms with van der Waals surface area (Å²) in [6.07, 6.45) is 15.2. The van der Waals surface area contributed by atoms with Gasteiger partial charge in [-0.15, -0.1) is 0 Å². The molecular formula is C33H45ClO3. The van der Waals surface area contributed by atoms with Gasteiger partial charge in [0.2, 0.25) is 0 Å². The van der Waals surface area contributed by atoms with Crippen LogP contribution in [0.5, 0.6) is 0 Å². The summed E-state index contributed by atoms with van der Waals surface area (Å²) in [7, 11) is 0. The number of benzene rings is 1. The van der Waals surface area contributed by atoms with Crippen molar-refractivity contribution in [3.05, 3.63) is 40.4 Å². The quantitative estimate of drug-likeness (QED) is 0.416. The van der Waals surface area contributed by atoms with Crippen LogP contribution in [0.25, 0.3) is 5.57 Å². The standard InChI is InChI=1S/C33H45ClO3/c1-30(2)23(22-8-7-20(29(36)37)18-26(22)34)11-15-32(4)27(30)13-16-31(3)24-12-17-33(19-35)14-5-6-25(33)21(24)9-10-28(31)32/h7-8,11,18,21,24-25,27-28,35H,5-6,9-10,12-17,19H2,1-4H3,(H,36,37)/t21-,24?,25?,27?,28?,31-,32-,33+/m0/s1. The Morgan fingerprint density at radius 3 is 2.43 bits per heavy atom. The molecule has 0 heterocycles. The van der Waals surface area contributed by atoms with Crippen LogP contribution in [0, 0.1) is 51.2 Å². The van der Waals surface area contributed by atoms with Crippen LogP contribution < -0.4 is 0 Å². The van der Waals surface area contributed by atoms with E-state index in [0.29, 0.717) is 23.0 Å². The maximum atomic E-state index is 11.5. The molecule has 0 aromatic heterocycles. The van der Waals surface area contributed by atoms with Crippen molar-refractivity contribution in [3.8, 4) is 0 Å². The topological polar surface area (TPSA) is 57.5 Å². The van der Waals surface area contributed by atoms with Gasteiger partial charge < -0.3 is 10.2 Å². The zero-order valence-corrected chi connectivity index (χ0v) is 23.9. The van der Waals surface area contributed by atoms with Gasteiger partial charge in [-0.2, -0.15) is 0 Å². The number of halogens is 1. The van der Waals surface area contributed by atoms with E-state index >= 15 is 0 Å². The number of allylic oxidation sites excluding steroid dienone is 2. The highest BCUT2D eigenvalue weighted by Gasteiger charge is 2.65. The second-order valence-electron chi connectivity index (χ2n) is 14.6. The third-order valence-electron chi connectivity index (χ3n) is 13.1. The molecule has 5 aliphatic rings. The SMILES string of the molecule is CC1(C)C(c2ccc(C(=O)O)cc2Cl)=CC[C@@]2(C)C1CC[C@@]1(C)C3CC[C@@]4(CO)CCCC4[C@H]3CCC12. The molecule has 0 amide bonds. The van der Waals surface area contributed by atoms with Crippen LogP contribution in [-0.4, -0.2) is 22.8 Å². The fourth-order valence-electron chi connectivity index (χ4n) is 11.6. The fourth-order valence-corrected chi connectivity index (χ4v) is 11.8. The van der Waals surface area contributed by atoms with Crippen LogP contribution in [0.1, 0.15) is 108 Å². The van der Waals surface area contributed by atoms with Gasteiger partial charge in [-0.25, -0.2) is 4.79 Å². The number of fused-ring (bicyclic) bond motifs is 7. The molecule has 3 nitrogen and oxygen atoms in total. The van der Waals surface area contributed by atoms with Crippen molar-refractivity contribution in [3.63, 3.8) is 0 Å². The smallest absolute Gasteiger partial charge is 0.335 e. The first-order chi connectivity index (χ1) is 17.5. The number of carboxylic acids is 1. The van der Waals surface area contributed by atoms with Crippen LogP contribution in [0.4, 0.5) is 0 Å². The van der Waals surface area contributed by atoms with Gasteiger partial charge in [-0.05, 0) is 132 Å². The largest absolute Gasteiger partial charge is 0.478 e. The normalized spacial score (nSPS) is 44.2. The van der Waals surface area contributed by atoms with Crippen molar-refractivity contribution in [1.82, 2.24) is 0 Å². The molecule has 0 spiro atoms. The molecule has 1 aromatic carbocycles. The van der Waals surface area contributed by atoms with E-state index in [4.69, 9.17) is 11.6 Å². The summed E-state index contributed by atoms with van der Waals surface area (Å²) in [5, 5.41) is 20.4. The summed E-state index contributed by atoms with van der Waals surface area (Å²) in [5.41, 5.74) is 3.41. The first-order valence-electron chi connectivity index (χ1n) is 14.8. The molecule has 4 saturated carbocycles. The summed E-state index contributed by atoms with van der Waals surface area (Å²) < 4.78 is 0. The monoisotopic (exact) mass is 524 g/mol. The van der Waals surface area contributed by atoms with Crippen LogP contribution in [0.3, 0.4) is 0 Å². The van der Waals surface area contributed by atoms with Crippen molar-refractivity contribution in [2.24, 2.45) is 51.2 Å². The number of carboxylic acid groups (broad SMARTS) is 1. The Morgan fingerprint density at radius 1 is 0.946 bits per heavy atom. The van der Waals surface area contributed by atoms with E-state index in [1.807, 2.05) is 6.07 Å². The summed E-state index contributed by atoms with van der Waals surface area (Å²) in [6, 6.07) is 5.24. The molecule has 0 aliphatic heterocycles. The highest BCUT2D eigenvalue weighted by molar-refractivity contribution is 6.32. The van der Waals surface area contributed by atoms with Crippen LogP contribution >= 0.6 is 11.6 Å². The lowest BCUT2D eigenvalue weighted by Crippen LogP contribution is -2.61. The summed E-state index contributed by atoms with van der Waals surface area (Å²) in [6.45, 7) is 10.5. The molecule has 0 bridgehead atoms. The van der Waals surface area contributed by atoms with E-state index in [9.17, 15) is 15.0 Å². The van der Waals surface area contributed by atoms with E-state index in [0.717, 1.165) is 35.7 Å². The van der Waals surface area contributed by atoms with Gasteiger partial charge in [0.15, 0.2) is 0 Å². The molecule has 2 N–H and O–H groups in total. The Hall–Kier alpha value is -1.32. The molecule has 6 rings (SSSR count). The molecule has 202 valence electrons. The Labute approximate surface area is 228 Å². The van der Waals surface area contributed by atoms with Gasteiger partial charge in [-0.3, -0.25) is 0 Å². The minimum Gasteiger partial charge on any atom is -0.478 e. The van der Waals surface area contributed by atoms with Gasteiger partial charge in [-0.1, -0.05) is 57.9 Å². The number of rotatable bonds is 3. The number of hydrogen-bond donors (Lipinski definition) is 2. The number of aromatic carboxylic acids is 1. The summed E-state index contributed by atoms with van der Waals surface area (Å²) >= 11 is 6.70. The van der Waals surface area contributed by atoms with Gasteiger partial charge in [0.05, 0.1) is 5.56 Å².